The molecule has 94 valence electrons. The van der Waals surface area contributed by atoms with E-state index < -0.39 is 5.97 Å². The molecule has 0 amide bonds. The molecule has 0 aromatic carbocycles. The lowest BCUT2D eigenvalue weighted by Crippen LogP contribution is -2.21. The number of carbonyl (C=O) groups excluding carboxylic acids is 1. The summed E-state index contributed by atoms with van der Waals surface area (Å²) in [5.74, 6) is -0.171. The highest BCUT2D eigenvalue weighted by molar-refractivity contribution is 5.92. The molecule has 1 aliphatic rings. The molecule has 2 rings (SSSR count). The van der Waals surface area contributed by atoms with Crippen LogP contribution in [0.3, 0.4) is 0 Å². The van der Waals surface area contributed by atoms with Crippen molar-refractivity contribution in [2.24, 2.45) is 0 Å². The van der Waals surface area contributed by atoms with Crippen molar-refractivity contribution in [1.29, 1.82) is 0 Å². The third-order valence-corrected chi connectivity index (χ3v) is 3.27. The molecule has 0 bridgehead atoms. The van der Waals surface area contributed by atoms with Gasteiger partial charge in [0.2, 0.25) is 0 Å². The van der Waals surface area contributed by atoms with Crippen molar-refractivity contribution in [3.05, 3.63) is 12.0 Å². The van der Waals surface area contributed by atoms with Gasteiger partial charge in [-0.1, -0.05) is 0 Å². The lowest BCUT2D eigenvalue weighted by atomic mass is 9.93. The topological polar surface area (TPSA) is 90.4 Å². The fourth-order valence-corrected chi connectivity index (χ4v) is 2.25. The van der Waals surface area contributed by atoms with Crippen molar-refractivity contribution >= 4 is 11.8 Å². The Morgan fingerprint density at radius 3 is 2.76 bits per heavy atom. The molecule has 0 saturated heterocycles. The number of rotatable bonds is 2. The lowest BCUT2D eigenvalue weighted by molar-refractivity contribution is 0.0595. The summed E-state index contributed by atoms with van der Waals surface area (Å²) >= 11 is 0. The number of aromatic nitrogens is 2. The second kappa shape index (κ2) is 4.75. The van der Waals surface area contributed by atoms with Gasteiger partial charge in [-0.2, -0.15) is 0 Å². The Morgan fingerprint density at radius 1 is 1.53 bits per heavy atom. The second-order valence-corrected chi connectivity index (χ2v) is 4.34. The van der Waals surface area contributed by atoms with E-state index in [1.165, 1.54) is 7.11 Å². The Kier molecular flexibility index (Phi) is 3.33. The van der Waals surface area contributed by atoms with Crippen LogP contribution in [0.5, 0.6) is 0 Å². The number of nitrogens with two attached hydrogens (primary N) is 1. The monoisotopic (exact) mass is 239 g/mol. The van der Waals surface area contributed by atoms with Gasteiger partial charge in [0, 0.05) is 6.04 Å². The molecule has 0 radical (unpaired) electrons. The fourth-order valence-electron chi connectivity index (χ4n) is 2.25. The van der Waals surface area contributed by atoms with Crippen LogP contribution in [0.25, 0.3) is 0 Å². The van der Waals surface area contributed by atoms with Crippen molar-refractivity contribution in [3.63, 3.8) is 0 Å². The van der Waals surface area contributed by atoms with E-state index in [1.807, 2.05) is 0 Å². The van der Waals surface area contributed by atoms with Gasteiger partial charge in [-0.15, -0.1) is 0 Å². The van der Waals surface area contributed by atoms with Crippen molar-refractivity contribution in [1.82, 2.24) is 9.55 Å². The van der Waals surface area contributed by atoms with Crippen LogP contribution in [-0.4, -0.2) is 33.8 Å². The average molecular weight is 239 g/mol. The van der Waals surface area contributed by atoms with E-state index in [0.29, 0.717) is 5.82 Å². The number of aliphatic hydroxyl groups is 1. The van der Waals surface area contributed by atoms with Gasteiger partial charge in [0.15, 0.2) is 5.69 Å². The summed E-state index contributed by atoms with van der Waals surface area (Å²) in [5.41, 5.74) is 6.05. The largest absolute Gasteiger partial charge is 0.464 e. The predicted octanol–water partition coefficient (Wildman–Crippen LogP) is 0.728. The van der Waals surface area contributed by atoms with E-state index in [1.54, 1.807) is 10.9 Å². The lowest BCUT2D eigenvalue weighted by Gasteiger charge is -2.27. The van der Waals surface area contributed by atoms with E-state index in [9.17, 15) is 9.90 Å². The standard InChI is InChI=1S/C11H17N3O3/c1-17-11(16)9-10(12)14(6-13-9)7-2-4-8(15)5-3-7/h6-8,15H,2-5,12H2,1H3. The highest BCUT2D eigenvalue weighted by Crippen LogP contribution is 2.31. The second-order valence-electron chi connectivity index (χ2n) is 4.34. The summed E-state index contributed by atoms with van der Waals surface area (Å²) in [6.07, 6.45) is 4.58. The number of carbonyl (C=O) groups is 1. The Bertz CT molecular complexity index is 408. The first kappa shape index (κ1) is 11.9. The Hall–Kier alpha value is -1.56. The summed E-state index contributed by atoms with van der Waals surface area (Å²) in [6.45, 7) is 0. The van der Waals surface area contributed by atoms with Crippen LogP contribution in [0, 0.1) is 0 Å². The zero-order chi connectivity index (χ0) is 12.4. The van der Waals surface area contributed by atoms with E-state index in [0.717, 1.165) is 25.7 Å². The minimum Gasteiger partial charge on any atom is -0.464 e. The molecule has 1 aromatic heterocycles. The fraction of sp³-hybridized carbons (Fsp3) is 0.636. The smallest absolute Gasteiger partial charge is 0.360 e. The van der Waals surface area contributed by atoms with Gasteiger partial charge in [-0.3, -0.25) is 0 Å². The highest BCUT2D eigenvalue weighted by atomic mass is 16.5. The number of aliphatic hydroxyl groups excluding tert-OH is 1. The first-order valence-corrected chi connectivity index (χ1v) is 5.72. The Balaban J connectivity index is 2.17. The number of nitrogens with zero attached hydrogens (tertiary/aromatic N) is 2. The molecule has 0 atom stereocenters. The predicted molar refractivity (Wildman–Crippen MR) is 61.5 cm³/mol. The first-order chi connectivity index (χ1) is 8.13. The summed E-state index contributed by atoms with van der Waals surface area (Å²) in [4.78, 5) is 15.3. The van der Waals surface area contributed by atoms with E-state index >= 15 is 0 Å². The van der Waals surface area contributed by atoms with Gasteiger partial charge < -0.3 is 20.1 Å². The number of ether oxygens (including phenoxy) is 1. The van der Waals surface area contributed by atoms with Gasteiger partial charge >= 0.3 is 5.97 Å². The molecule has 1 fully saturated rings. The third kappa shape index (κ3) is 2.26. The summed E-state index contributed by atoms with van der Waals surface area (Å²) < 4.78 is 6.40. The van der Waals surface area contributed by atoms with Gasteiger partial charge in [0.25, 0.3) is 0 Å². The van der Waals surface area contributed by atoms with Crippen LogP contribution in [0.2, 0.25) is 0 Å². The molecule has 1 aromatic rings. The molecule has 17 heavy (non-hydrogen) atoms. The first-order valence-electron chi connectivity index (χ1n) is 5.72. The molecule has 0 unspecified atom stereocenters. The van der Waals surface area contributed by atoms with Crippen molar-refractivity contribution < 1.29 is 14.6 Å². The summed E-state index contributed by atoms with van der Waals surface area (Å²) in [6, 6.07) is 0.212. The quantitative estimate of drug-likeness (QED) is 0.742. The highest BCUT2D eigenvalue weighted by Gasteiger charge is 2.24. The molecule has 0 spiro atoms. The number of hydrogen-bond acceptors (Lipinski definition) is 5. The molecule has 1 heterocycles. The third-order valence-electron chi connectivity index (χ3n) is 3.27. The molecule has 6 nitrogen and oxygen atoms in total. The van der Waals surface area contributed by atoms with Crippen molar-refractivity contribution in [2.75, 3.05) is 12.8 Å². The molecule has 1 aliphatic carbocycles. The average Bonchev–Trinajstić information content (AvgIpc) is 2.71. The Morgan fingerprint density at radius 2 is 2.18 bits per heavy atom. The summed E-state index contributed by atoms with van der Waals surface area (Å²) in [5, 5.41) is 9.44. The van der Waals surface area contributed by atoms with Crippen molar-refractivity contribution in [2.45, 2.75) is 37.8 Å². The number of anilines is 1. The van der Waals surface area contributed by atoms with E-state index in [2.05, 4.69) is 9.72 Å². The molecule has 6 heteroatoms. The minimum atomic E-state index is -0.517. The van der Waals surface area contributed by atoms with Gasteiger partial charge in [0.1, 0.15) is 5.82 Å². The molecule has 1 saturated carbocycles. The van der Waals surface area contributed by atoms with Crippen molar-refractivity contribution in [3.8, 4) is 0 Å². The normalized spacial score (nSPS) is 24.6. The zero-order valence-electron chi connectivity index (χ0n) is 9.80. The molecule has 0 aliphatic heterocycles. The van der Waals surface area contributed by atoms with Crippen LogP contribution in [0.15, 0.2) is 6.33 Å². The maximum Gasteiger partial charge on any atom is 0.360 e. The van der Waals surface area contributed by atoms with Crippen LogP contribution in [-0.2, 0) is 4.74 Å². The molecular formula is C11H17N3O3. The SMILES string of the molecule is COC(=O)c1ncn(C2CCC(O)CC2)c1N. The van der Waals surface area contributed by atoms with Crippen LogP contribution < -0.4 is 5.73 Å². The number of imidazole rings is 1. The molecular weight excluding hydrogens is 222 g/mol. The number of methoxy groups -OCH3 is 1. The number of hydrogen-bond donors (Lipinski definition) is 2. The maximum absolute atomic E-state index is 11.4. The number of nitrogen functional groups attached to an aromatic ring is 1. The van der Waals surface area contributed by atoms with Gasteiger partial charge in [0.05, 0.1) is 19.5 Å². The maximum atomic E-state index is 11.4. The van der Waals surface area contributed by atoms with Gasteiger partial charge in [-0.25, -0.2) is 9.78 Å². The van der Waals surface area contributed by atoms with Gasteiger partial charge in [-0.05, 0) is 25.7 Å². The van der Waals surface area contributed by atoms with E-state index in [4.69, 9.17) is 5.73 Å². The zero-order valence-corrected chi connectivity index (χ0v) is 9.80. The van der Waals surface area contributed by atoms with Crippen LogP contribution >= 0.6 is 0 Å². The molecule has 3 N–H and O–H groups in total. The number of esters is 1. The van der Waals surface area contributed by atoms with Crippen LogP contribution in [0.4, 0.5) is 5.82 Å². The Labute approximate surface area is 99.4 Å². The van der Waals surface area contributed by atoms with E-state index in [-0.39, 0.29) is 17.8 Å². The summed E-state index contributed by atoms with van der Waals surface area (Å²) in [7, 11) is 1.30. The van der Waals surface area contributed by atoms with Crippen LogP contribution in [0.1, 0.15) is 42.2 Å². The minimum absolute atomic E-state index is 0.165.